The van der Waals surface area contributed by atoms with E-state index in [4.69, 9.17) is 14.7 Å². The van der Waals surface area contributed by atoms with Gasteiger partial charge in [0.25, 0.3) is 15.9 Å². The number of rotatable bonds is 10. The summed E-state index contributed by atoms with van der Waals surface area (Å²) in [5.41, 5.74) is 3.92. The van der Waals surface area contributed by atoms with E-state index in [1.54, 1.807) is 29.9 Å². The molecule has 6 aromatic rings. The van der Waals surface area contributed by atoms with Crippen molar-refractivity contribution in [2.24, 2.45) is 0 Å². The van der Waals surface area contributed by atoms with Gasteiger partial charge in [0.2, 0.25) is 0 Å². The lowest BCUT2D eigenvalue weighted by Crippen LogP contribution is -2.27. The molecule has 0 fully saturated rings. The number of nitrogens with one attached hydrogen (secondary N) is 2. The number of methoxy groups -OCH3 is 1. The zero-order chi connectivity index (χ0) is 29.8. The molecule has 0 unspecified atom stereocenters. The summed E-state index contributed by atoms with van der Waals surface area (Å²) in [6.07, 6.45) is 0.608. The molecule has 0 spiro atoms. The van der Waals surface area contributed by atoms with Crippen LogP contribution in [0.25, 0.3) is 22.2 Å². The molecule has 0 aliphatic carbocycles. The van der Waals surface area contributed by atoms with Crippen molar-refractivity contribution in [1.82, 2.24) is 19.9 Å². The molecule has 0 aliphatic rings. The molecule has 4 aromatic carbocycles. The predicted molar refractivity (Wildman–Crippen MR) is 167 cm³/mol. The van der Waals surface area contributed by atoms with E-state index >= 15 is 0 Å². The van der Waals surface area contributed by atoms with Gasteiger partial charge in [-0.15, -0.1) is 0 Å². The van der Waals surface area contributed by atoms with Gasteiger partial charge in [-0.1, -0.05) is 72.8 Å². The van der Waals surface area contributed by atoms with Crippen molar-refractivity contribution in [1.29, 1.82) is 0 Å². The lowest BCUT2D eigenvalue weighted by molar-refractivity contribution is 0.0956. The first-order valence-corrected chi connectivity index (χ1v) is 15.2. The number of benzene rings is 4. The minimum absolute atomic E-state index is 0.0674. The van der Waals surface area contributed by atoms with Gasteiger partial charge in [-0.3, -0.25) is 9.52 Å². The van der Waals surface area contributed by atoms with Crippen LogP contribution in [0.1, 0.15) is 21.5 Å². The van der Waals surface area contributed by atoms with Crippen LogP contribution < -0.4 is 14.8 Å². The summed E-state index contributed by atoms with van der Waals surface area (Å²) < 4.78 is 37.0. The number of sulfonamides is 1. The number of carbonyl (C=O) groups excluding carboxylic acids is 1. The monoisotopic (exact) mass is 591 g/mol. The summed E-state index contributed by atoms with van der Waals surface area (Å²) in [6.45, 7) is 0.567. The minimum atomic E-state index is -4.08. The van der Waals surface area contributed by atoms with Crippen molar-refractivity contribution < 1.29 is 17.9 Å². The smallest absolute Gasteiger partial charge is 0.263 e. The van der Waals surface area contributed by atoms with Gasteiger partial charge in [0.05, 0.1) is 29.6 Å². The van der Waals surface area contributed by atoms with E-state index in [1.807, 2.05) is 78.9 Å². The number of amides is 1. The molecule has 2 N–H and O–H groups in total. The third-order valence-electron chi connectivity index (χ3n) is 7.10. The van der Waals surface area contributed by atoms with Crippen LogP contribution in [0, 0.1) is 0 Å². The fourth-order valence-corrected chi connectivity index (χ4v) is 6.03. The third kappa shape index (κ3) is 5.91. The maximum Gasteiger partial charge on any atom is 0.263 e. The standard InChI is InChI=1S/C33H29N5O4S/c1-42-25-18-16-24(17-19-25)22-38-31(37-43(40,41)26-12-6-3-7-13-26)29(33(39)34-21-20-23-10-4-2-5-11-23)30-32(38)36-28-15-9-8-14-27(28)35-30/h2-19,37H,20-22H2,1H3,(H,34,39). The Morgan fingerprint density at radius 3 is 2.09 bits per heavy atom. The summed E-state index contributed by atoms with van der Waals surface area (Å²) in [5, 5.41) is 2.97. The van der Waals surface area contributed by atoms with E-state index in [0.717, 1.165) is 11.1 Å². The lowest BCUT2D eigenvalue weighted by Gasteiger charge is -2.15. The predicted octanol–water partition coefficient (Wildman–Crippen LogP) is 5.41. The first-order chi connectivity index (χ1) is 20.9. The summed E-state index contributed by atoms with van der Waals surface area (Å²) in [4.78, 5) is 23.7. The normalized spacial score (nSPS) is 11.5. The fraction of sp³-hybridized carbons (Fsp3) is 0.121. The van der Waals surface area contributed by atoms with Crippen LogP contribution in [-0.4, -0.2) is 42.5 Å². The first kappa shape index (κ1) is 27.9. The van der Waals surface area contributed by atoms with Crippen molar-refractivity contribution in [2.45, 2.75) is 17.9 Å². The van der Waals surface area contributed by atoms with Crippen LogP contribution in [-0.2, 0) is 23.0 Å². The molecule has 0 atom stereocenters. The van der Waals surface area contributed by atoms with Crippen molar-refractivity contribution in [2.75, 3.05) is 18.4 Å². The Hall–Kier alpha value is -5.22. The fourth-order valence-electron chi connectivity index (χ4n) is 4.93. The molecule has 9 nitrogen and oxygen atoms in total. The molecule has 0 saturated heterocycles. The van der Waals surface area contributed by atoms with Crippen molar-refractivity contribution in [3.05, 3.63) is 126 Å². The topological polar surface area (TPSA) is 115 Å². The van der Waals surface area contributed by atoms with Crippen LogP contribution in [0.4, 0.5) is 5.82 Å². The number of nitrogens with zero attached hydrogens (tertiary/aromatic N) is 3. The first-order valence-electron chi connectivity index (χ1n) is 13.7. The van der Waals surface area contributed by atoms with Crippen LogP contribution in [0.5, 0.6) is 5.75 Å². The van der Waals surface area contributed by atoms with Gasteiger partial charge in [-0.25, -0.2) is 18.4 Å². The van der Waals surface area contributed by atoms with E-state index in [0.29, 0.717) is 40.9 Å². The number of ether oxygens (including phenoxy) is 1. The SMILES string of the molecule is COc1ccc(Cn2c(NS(=O)(=O)c3ccccc3)c(C(=O)NCCc3ccccc3)c3nc4ccccc4nc32)cc1. The molecule has 0 aliphatic heterocycles. The van der Waals surface area contributed by atoms with Gasteiger partial charge < -0.3 is 14.6 Å². The van der Waals surface area contributed by atoms with E-state index in [9.17, 15) is 13.2 Å². The van der Waals surface area contributed by atoms with Gasteiger partial charge in [0.1, 0.15) is 22.6 Å². The van der Waals surface area contributed by atoms with E-state index in [2.05, 4.69) is 10.0 Å². The number of carbonyl (C=O) groups is 1. The average Bonchev–Trinajstić information content (AvgIpc) is 3.31. The van der Waals surface area contributed by atoms with Gasteiger partial charge in [-0.2, -0.15) is 0 Å². The Bertz CT molecular complexity index is 2010. The molecule has 0 bridgehead atoms. The van der Waals surface area contributed by atoms with Crippen molar-refractivity contribution in [3.63, 3.8) is 0 Å². The highest BCUT2D eigenvalue weighted by atomic mass is 32.2. The van der Waals surface area contributed by atoms with Gasteiger partial charge in [0.15, 0.2) is 5.65 Å². The van der Waals surface area contributed by atoms with E-state index < -0.39 is 15.9 Å². The van der Waals surface area contributed by atoms with Gasteiger partial charge in [0, 0.05) is 6.54 Å². The number of fused-ring (bicyclic) bond motifs is 2. The quantitative estimate of drug-likeness (QED) is 0.220. The molecule has 43 heavy (non-hydrogen) atoms. The Kier molecular flexibility index (Phi) is 7.76. The maximum absolute atomic E-state index is 13.9. The van der Waals surface area contributed by atoms with Crippen LogP contribution in [0.2, 0.25) is 0 Å². The second kappa shape index (κ2) is 11.9. The van der Waals surface area contributed by atoms with E-state index in [-0.39, 0.29) is 22.8 Å². The van der Waals surface area contributed by atoms with Crippen LogP contribution in [0.3, 0.4) is 0 Å². The Morgan fingerprint density at radius 2 is 1.42 bits per heavy atom. The second-order valence-corrected chi connectivity index (χ2v) is 11.6. The molecule has 6 rings (SSSR count). The summed E-state index contributed by atoms with van der Waals surface area (Å²) in [7, 11) is -2.49. The van der Waals surface area contributed by atoms with Crippen molar-refractivity contribution >= 4 is 43.9 Å². The number of hydrogen-bond acceptors (Lipinski definition) is 6. The Balaban J connectivity index is 1.51. The van der Waals surface area contributed by atoms with Crippen LogP contribution in [0.15, 0.2) is 114 Å². The molecular formula is C33H29N5O4S. The molecule has 216 valence electrons. The molecular weight excluding hydrogens is 562 g/mol. The molecule has 2 aromatic heterocycles. The Labute approximate surface area is 249 Å². The minimum Gasteiger partial charge on any atom is -0.497 e. The molecule has 2 heterocycles. The maximum atomic E-state index is 13.9. The third-order valence-corrected chi connectivity index (χ3v) is 8.46. The number of hydrogen-bond donors (Lipinski definition) is 2. The zero-order valence-corrected chi connectivity index (χ0v) is 24.2. The van der Waals surface area contributed by atoms with Gasteiger partial charge in [-0.05, 0) is 53.9 Å². The molecule has 10 heteroatoms. The summed E-state index contributed by atoms with van der Waals surface area (Å²) in [5.74, 6) is 0.322. The molecule has 0 saturated carbocycles. The largest absolute Gasteiger partial charge is 0.497 e. The highest BCUT2D eigenvalue weighted by Crippen LogP contribution is 2.32. The average molecular weight is 592 g/mol. The number of aromatic nitrogens is 3. The zero-order valence-electron chi connectivity index (χ0n) is 23.4. The summed E-state index contributed by atoms with van der Waals surface area (Å²) >= 11 is 0. The number of para-hydroxylation sites is 2. The van der Waals surface area contributed by atoms with Gasteiger partial charge >= 0.3 is 0 Å². The number of anilines is 1. The van der Waals surface area contributed by atoms with Crippen LogP contribution >= 0.6 is 0 Å². The van der Waals surface area contributed by atoms with E-state index in [1.165, 1.54) is 12.1 Å². The Morgan fingerprint density at radius 1 is 0.791 bits per heavy atom. The van der Waals surface area contributed by atoms with Crippen molar-refractivity contribution in [3.8, 4) is 5.75 Å². The molecule has 0 radical (unpaired) electrons. The highest BCUT2D eigenvalue weighted by molar-refractivity contribution is 7.92. The lowest BCUT2D eigenvalue weighted by atomic mass is 10.1. The second-order valence-electron chi connectivity index (χ2n) is 9.95. The summed E-state index contributed by atoms with van der Waals surface area (Å²) in [6, 6.07) is 32.6. The molecule has 1 amide bonds. The highest BCUT2D eigenvalue weighted by Gasteiger charge is 2.29.